The Hall–Kier alpha value is -1.73. The highest BCUT2D eigenvalue weighted by atomic mass is 32.2. The summed E-state index contributed by atoms with van der Waals surface area (Å²) in [5.74, 6) is 2.11. The van der Waals surface area contributed by atoms with Crippen LogP contribution in [0.2, 0.25) is 0 Å². The van der Waals surface area contributed by atoms with Gasteiger partial charge in [-0.2, -0.15) is 0 Å². The molecule has 7 heteroatoms. The molecule has 0 aromatic heterocycles. The normalized spacial score (nSPS) is 23.9. The summed E-state index contributed by atoms with van der Waals surface area (Å²) in [5.41, 5.74) is 0.442. The molecule has 0 unspecified atom stereocenters. The number of hydrogen-bond acceptors (Lipinski definition) is 5. The Morgan fingerprint density at radius 2 is 2.30 bits per heavy atom. The van der Waals surface area contributed by atoms with Crippen molar-refractivity contribution in [2.24, 2.45) is 5.92 Å². The van der Waals surface area contributed by atoms with Crippen LogP contribution in [0.1, 0.15) is 16.8 Å². The molecular weight excluding hydrogens is 314 g/mol. The summed E-state index contributed by atoms with van der Waals surface area (Å²) in [6, 6.07) is 6.16. The third kappa shape index (κ3) is 3.97. The van der Waals surface area contributed by atoms with Gasteiger partial charge in [-0.05, 0) is 30.5 Å². The number of amides is 2. The van der Waals surface area contributed by atoms with Gasteiger partial charge in [0, 0.05) is 31.0 Å². The number of phenolic OH excluding ortho intramolecular Hbond substituents is 1. The average Bonchev–Trinajstić information content (AvgIpc) is 3.23. The molecule has 2 amide bonds. The smallest absolute Gasteiger partial charge is 0.251 e. The van der Waals surface area contributed by atoms with Crippen LogP contribution in [0.15, 0.2) is 24.3 Å². The number of phenols is 1. The fourth-order valence-electron chi connectivity index (χ4n) is 2.95. The van der Waals surface area contributed by atoms with Crippen molar-refractivity contribution >= 4 is 23.6 Å². The maximum atomic E-state index is 12.3. The predicted molar refractivity (Wildman–Crippen MR) is 89.4 cm³/mol. The van der Waals surface area contributed by atoms with Gasteiger partial charge in [0.05, 0.1) is 11.9 Å². The second-order valence-electron chi connectivity index (χ2n) is 5.96. The van der Waals surface area contributed by atoms with Crippen molar-refractivity contribution in [1.82, 2.24) is 15.5 Å². The van der Waals surface area contributed by atoms with Crippen LogP contribution in [0.5, 0.6) is 5.75 Å². The van der Waals surface area contributed by atoms with Crippen LogP contribution in [0.3, 0.4) is 0 Å². The summed E-state index contributed by atoms with van der Waals surface area (Å²) in [4.78, 5) is 26.3. The van der Waals surface area contributed by atoms with Crippen LogP contribution in [0, 0.1) is 5.92 Å². The molecule has 124 valence electrons. The van der Waals surface area contributed by atoms with Gasteiger partial charge in [0.15, 0.2) is 0 Å². The molecule has 1 aromatic carbocycles. The minimum Gasteiger partial charge on any atom is -0.508 e. The van der Waals surface area contributed by atoms with E-state index in [4.69, 9.17) is 0 Å². The highest BCUT2D eigenvalue weighted by Gasteiger charge is 2.33. The van der Waals surface area contributed by atoms with E-state index in [-0.39, 0.29) is 29.5 Å². The predicted octanol–water partition coefficient (Wildman–Crippen LogP) is 0.633. The zero-order valence-corrected chi connectivity index (χ0v) is 13.6. The van der Waals surface area contributed by atoms with Crippen molar-refractivity contribution in [3.05, 3.63) is 29.8 Å². The number of carbonyl (C=O) groups is 2. The van der Waals surface area contributed by atoms with Crippen molar-refractivity contribution in [3.8, 4) is 5.75 Å². The maximum absolute atomic E-state index is 12.3. The van der Waals surface area contributed by atoms with Crippen molar-refractivity contribution in [1.29, 1.82) is 0 Å². The van der Waals surface area contributed by atoms with Crippen molar-refractivity contribution in [2.45, 2.75) is 12.5 Å². The Balaban J connectivity index is 1.46. The standard InChI is InChI=1S/C16H21N3O3S/c20-13-3-1-2-12(7-13)15(21)18-9-11-6-14(17-8-11)16(22)19-4-5-23-10-19/h1-3,7,11,14,17,20H,4-6,8-10H2,(H,18,21)/t11-,14-/m0/s1. The Morgan fingerprint density at radius 1 is 1.43 bits per heavy atom. The largest absolute Gasteiger partial charge is 0.508 e. The van der Waals surface area contributed by atoms with E-state index in [1.165, 1.54) is 12.1 Å². The molecule has 0 aliphatic carbocycles. The van der Waals surface area contributed by atoms with Crippen molar-refractivity contribution < 1.29 is 14.7 Å². The van der Waals surface area contributed by atoms with Gasteiger partial charge in [-0.25, -0.2) is 0 Å². The summed E-state index contributed by atoms with van der Waals surface area (Å²) in [7, 11) is 0. The number of nitrogens with zero attached hydrogens (tertiary/aromatic N) is 1. The molecule has 0 spiro atoms. The van der Waals surface area contributed by atoms with E-state index in [2.05, 4.69) is 10.6 Å². The topological polar surface area (TPSA) is 81.7 Å². The van der Waals surface area contributed by atoms with Crippen LogP contribution in [-0.4, -0.2) is 59.1 Å². The summed E-state index contributed by atoms with van der Waals surface area (Å²) in [6.45, 7) is 2.10. The molecule has 3 rings (SSSR count). The van der Waals surface area contributed by atoms with E-state index >= 15 is 0 Å². The first-order valence-electron chi connectivity index (χ1n) is 7.80. The molecule has 0 bridgehead atoms. The van der Waals surface area contributed by atoms with E-state index in [9.17, 15) is 14.7 Å². The number of thioether (sulfide) groups is 1. The number of nitrogens with one attached hydrogen (secondary N) is 2. The first-order valence-corrected chi connectivity index (χ1v) is 8.96. The minimum atomic E-state index is -0.202. The lowest BCUT2D eigenvalue weighted by atomic mass is 10.0. The first kappa shape index (κ1) is 16.1. The number of benzene rings is 1. The third-order valence-electron chi connectivity index (χ3n) is 4.24. The van der Waals surface area contributed by atoms with E-state index in [0.29, 0.717) is 12.1 Å². The number of hydrogen-bond donors (Lipinski definition) is 3. The molecule has 2 atom stereocenters. The lowest BCUT2D eigenvalue weighted by Crippen LogP contribution is -2.42. The molecule has 2 fully saturated rings. The molecule has 2 saturated heterocycles. The highest BCUT2D eigenvalue weighted by molar-refractivity contribution is 7.99. The van der Waals surface area contributed by atoms with E-state index in [1.54, 1.807) is 23.9 Å². The van der Waals surface area contributed by atoms with Gasteiger partial charge in [0.2, 0.25) is 5.91 Å². The van der Waals surface area contributed by atoms with Crippen LogP contribution < -0.4 is 10.6 Å². The Bertz CT molecular complexity index is 590. The number of carbonyl (C=O) groups excluding carboxylic acids is 2. The lowest BCUT2D eigenvalue weighted by molar-refractivity contribution is -0.131. The molecule has 6 nitrogen and oxygen atoms in total. The van der Waals surface area contributed by atoms with Gasteiger partial charge in [0.25, 0.3) is 5.91 Å². The summed E-state index contributed by atoms with van der Waals surface area (Å²) < 4.78 is 0. The molecule has 2 aliphatic rings. The van der Waals surface area contributed by atoms with Crippen LogP contribution in [0.25, 0.3) is 0 Å². The first-order chi connectivity index (χ1) is 11.1. The van der Waals surface area contributed by atoms with E-state index in [0.717, 1.165) is 31.1 Å². The summed E-state index contributed by atoms with van der Waals surface area (Å²) in [6.07, 6.45) is 0.750. The second kappa shape index (κ2) is 7.23. The van der Waals surface area contributed by atoms with Crippen LogP contribution in [-0.2, 0) is 4.79 Å². The van der Waals surface area contributed by atoms with Gasteiger partial charge in [-0.3, -0.25) is 9.59 Å². The lowest BCUT2D eigenvalue weighted by Gasteiger charge is -2.19. The molecule has 2 heterocycles. The van der Waals surface area contributed by atoms with Crippen LogP contribution in [0.4, 0.5) is 0 Å². The fourth-order valence-corrected chi connectivity index (χ4v) is 3.90. The monoisotopic (exact) mass is 335 g/mol. The quantitative estimate of drug-likeness (QED) is 0.752. The van der Waals surface area contributed by atoms with E-state index in [1.807, 2.05) is 4.90 Å². The average molecular weight is 335 g/mol. The van der Waals surface area contributed by atoms with E-state index < -0.39 is 0 Å². The molecular formula is C16H21N3O3S. The molecule has 0 saturated carbocycles. The molecule has 2 aliphatic heterocycles. The summed E-state index contributed by atoms with van der Waals surface area (Å²) >= 11 is 1.78. The molecule has 23 heavy (non-hydrogen) atoms. The molecule has 1 aromatic rings. The fraction of sp³-hybridized carbons (Fsp3) is 0.500. The Labute approximate surface area is 139 Å². The van der Waals surface area contributed by atoms with Gasteiger partial charge >= 0.3 is 0 Å². The summed E-state index contributed by atoms with van der Waals surface area (Å²) in [5, 5.41) is 15.5. The van der Waals surface area contributed by atoms with Crippen molar-refractivity contribution in [3.63, 3.8) is 0 Å². The molecule has 3 N–H and O–H groups in total. The third-order valence-corrected chi connectivity index (χ3v) is 5.21. The Morgan fingerprint density at radius 3 is 3.04 bits per heavy atom. The minimum absolute atomic E-state index is 0.0781. The molecule has 0 radical (unpaired) electrons. The number of aromatic hydroxyl groups is 1. The maximum Gasteiger partial charge on any atom is 0.251 e. The zero-order valence-electron chi connectivity index (χ0n) is 12.8. The van der Waals surface area contributed by atoms with Gasteiger partial charge in [0.1, 0.15) is 5.75 Å². The SMILES string of the molecule is O=C(NC[C@@H]1CN[C@H](C(=O)N2CCSC2)C1)c1cccc(O)c1. The van der Waals surface area contributed by atoms with Gasteiger partial charge in [-0.15, -0.1) is 11.8 Å². The second-order valence-corrected chi connectivity index (χ2v) is 7.04. The van der Waals surface area contributed by atoms with Gasteiger partial charge < -0.3 is 20.6 Å². The van der Waals surface area contributed by atoms with Gasteiger partial charge in [-0.1, -0.05) is 6.07 Å². The number of rotatable bonds is 4. The van der Waals surface area contributed by atoms with Crippen molar-refractivity contribution in [2.75, 3.05) is 31.3 Å². The zero-order chi connectivity index (χ0) is 16.2. The Kier molecular flexibility index (Phi) is 5.07. The van der Waals surface area contributed by atoms with Crippen LogP contribution >= 0.6 is 11.8 Å². The highest BCUT2D eigenvalue weighted by Crippen LogP contribution is 2.20.